The third-order valence-corrected chi connectivity index (χ3v) is 10.3. The lowest BCUT2D eigenvalue weighted by molar-refractivity contribution is -0.182. The molecule has 0 spiro atoms. The van der Waals surface area contributed by atoms with E-state index in [9.17, 15) is 28.8 Å². The SMILES string of the molecule is C#C[C@@]1(C)[C@@H](COC(Cc2ccc(-c3ccccc3)c(C(=O)OC)c2)(C(C)=O)C(=O)OCC)O[C@@H](n2cnc3c(N(C(=O)OC(C)(C)C)C(=O)OC(C)(C)C)nc(Cl)nc32)[C@@H]1OC(C)=O. The van der Waals surface area contributed by atoms with E-state index in [0.29, 0.717) is 16.0 Å². The maximum atomic E-state index is 14.0. The second-order valence-corrected chi connectivity index (χ2v) is 17.6. The normalized spacial score (nSPS) is 19.3. The summed E-state index contributed by atoms with van der Waals surface area (Å²) >= 11 is 6.46. The second kappa shape index (κ2) is 19.4. The average molecular weight is 918 g/mol. The maximum absolute atomic E-state index is 14.0. The van der Waals surface area contributed by atoms with Crippen LogP contribution in [0.1, 0.15) is 91.4 Å². The Bertz CT molecular complexity index is 2500. The van der Waals surface area contributed by atoms with Gasteiger partial charge in [-0.2, -0.15) is 14.9 Å². The van der Waals surface area contributed by atoms with Crippen LogP contribution in [0.2, 0.25) is 5.28 Å². The third kappa shape index (κ3) is 10.8. The molecule has 18 nitrogen and oxygen atoms in total. The van der Waals surface area contributed by atoms with E-state index in [1.807, 2.05) is 30.3 Å². The van der Waals surface area contributed by atoms with Crippen LogP contribution >= 0.6 is 11.6 Å². The van der Waals surface area contributed by atoms with Gasteiger partial charge in [0.05, 0.1) is 37.6 Å². The zero-order chi connectivity index (χ0) is 48.2. The maximum Gasteiger partial charge on any atom is 0.425 e. The summed E-state index contributed by atoms with van der Waals surface area (Å²) in [7, 11) is 1.24. The molecule has 1 aliphatic rings. The fraction of sp³-hybridized carbons (Fsp3) is 0.457. The van der Waals surface area contributed by atoms with Crippen molar-refractivity contribution in [1.29, 1.82) is 0 Å². The number of rotatable bonds is 13. The number of esters is 3. The molecular weight excluding hydrogens is 866 g/mol. The van der Waals surface area contributed by atoms with Gasteiger partial charge < -0.3 is 33.2 Å². The number of imide groups is 1. The van der Waals surface area contributed by atoms with Gasteiger partial charge in [-0.05, 0) is 96.7 Å². The monoisotopic (exact) mass is 917 g/mol. The van der Waals surface area contributed by atoms with E-state index in [-0.39, 0.29) is 23.3 Å². The molecule has 0 saturated carbocycles. The second-order valence-electron chi connectivity index (χ2n) is 17.2. The molecule has 65 heavy (non-hydrogen) atoms. The van der Waals surface area contributed by atoms with Gasteiger partial charge in [0.1, 0.15) is 17.3 Å². The van der Waals surface area contributed by atoms with E-state index < -0.39 is 101 Å². The number of hydrogen-bond donors (Lipinski definition) is 0. The first kappa shape index (κ1) is 49.6. The summed E-state index contributed by atoms with van der Waals surface area (Å²) in [6.07, 6.45) is 0.771. The highest BCUT2D eigenvalue weighted by molar-refractivity contribution is 6.29. The quantitative estimate of drug-likeness (QED) is 0.0425. The summed E-state index contributed by atoms with van der Waals surface area (Å²) in [5.74, 6) is -0.919. The number of nitrogens with zero attached hydrogens (tertiary/aromatic N) is 5. The molecular formula is C46H52ClN5O13. The van der Waals surface area contributed by atoms with E-state index in [1.54, 1.807) is 67.5 Å². The molecule has 5 atom stereocenters. The van der Waals surface area contributed by atoms with Crippen LogP contribution in [-0.4, -0.2) is 105 Å². The van der Waals surface area contributed by atoms with Crippen molar-refractivity contribution in [3.05, 3.63) is 71.3 Å². The third-order valence-electron chi connectivity index (χ3n) is 10.1. The average Bonchev–Trinajstić information content (AvgIpc) is 3.75. The molecule has 1 unspecified atom stereocenters. The minimum atomic E-state index is -2.31. The first-order chi connectivity index (χ1) is 30.4. The van der Waals surface area contributed by atoms with Crippen molar-refractivity contribution in [3.63, 3.8) is 0 Å². The molecule has 5 rings (SSSR count). The van der Waals surface area contributed by atoms with Crippen molar-refractivity contribution < 1.29 is 61.9 Å². The van der Waals surface area contributed by atoms with Crippen LogP contribution in [0.3, 0.4) is 0 Å². The van der Waals surface area contributed by atoms with Crippen molar-refractivity contribution >= 4 is 64.5 Å². The molecule has 1 fully saturated rings. The van der Waals surface area contributed by atoms with Gasteiger partial charge in [0.15, 0.2) is 35.1 Å². The van der Waals surface area contributed by atoms with E-state index in [2.05, 4.69) is 20.9 Å². The number of anilines is 1. The molecule has 19 heteroatoms. The zero-order valence-electron chi connectivity index (χ0n) is 38.0. The molecule has 0 aliphatic carbocycles. The summed E-state index contributed by atoms with van der Waals surface area (Å²) in [5, 5.41) is -0.444. The van der Waals surface area contributed by atoms with Crippen LogP contribution in [0.4, 0.5) is 15.4 Å². The topological polar surface area (TPSA) is 214 Å². The van der Waals surface area contributed by atoms with E-state index in [1.165, 1.54) is 24.1 Å². The lowest BCUT2D eigenvalue weighted by Gasteiger charge is -2.33. The number of carbonyl (C=O) groups excluding carboxylic acids is 6. The predicted molar refractivity (Wildman–Crippen MR) is 235 cm³/mol. The van der Waals surface area contributed by atoms with Gasteiger partial charge >= 0.3 is 30.1 Å². The molecule has 0 radical (unpaired) electrons. The number of carbonyl (C=O) groups is 6. The number of ketones is 1. The van der Waals surface area contributed by atoms with Crippen molar-refractivity contribution in [2.75, 3.05) is 25.2 Å². The van der Waals surface area contributed by atoms with Gasteiger partial charge in [0.25, 0.3) is 0 Å². The summed E-state index contributed by atoms with van der Waals surface area (Å²) < 4.78 is 41.6. The number of imidazole rings is 1. The smallest absolute Gasteiger partial charge is 0.425 e. The molecule has 1 saturated heterocycles. The Balaban J connectivity index is 1.59. The Labute approximate surface area is 381 Å². The van der Waals surface area contributed by atoms with Crippen LogP contribution < -0.4 is 4.90 Å². The Morgan fingerprint density at radius 3 is 2.12 bits per heavy atom. The molecule has 2 amide bonds. The lowest BCUT2D eigenvalue weighted by atomic mass is 9.81. The van der Waals surface area contributed by atoms with Gasteiger partial charge in [-0.1, -0.05) is 48.4 Å². The molecule has 4 aromatic rings. The Morgan fingerprint density at radius 1 is 0.954 bits per heavy atom. The van der Waals surface area contributed by atoms with Gasteiger partial charge in [-0.15, -0.1) is 6.42 Å². The Morgan fingerprint density at radius 2 is 1.58 bits per heavy atom. The minimum Gasteiger partial charge on any atom is -0.465 e. The van der Waals surface area contributed by atoms with Gasteiger partial charge in [-0.3, -0.25) is 14.2 Å². The van der Waals surface area contributed by atoms with Crippen LogP contribution in [0.5, 0.6) is 0 Å². The molecule has 1 aliphatic heterocycles. The van der Waals surface area contributed by atoms with E-state index in [0.717, 1.165) is 19.4 Å². The Hall–Kier alpha value is -6.42. The highest BCUT2D eigenvalue weighted by Crippen LogP contribution is 2.47. The number of methoxy groups -OCH3 is 1. The van der Waals surface area contributed by atoms with Crippen LogP contribution in [0.15, 0.2) is 54.9 Å². The molecule has 3 heterocycles. The van der Waals surface area contributed by atoms with Gasteiger partial charge in [-0.25, -0.2) is 24.2 Å². The number of Topliss-reactive ketones (excluding diaryl/α,β-unsaturated/α-hetero) is 1. The van der Waals surface area contributed by atoms with E-state index in [4.69, 9.17) is 51.2 Å². The Kier molecular flexibility index (Phi) is 14.8. The number of benzene rings is 2. The predicted octanol–water partition coefficient (Wildman–Crippen LogP) is 7.23. The van der Waals surface area contributed by atoms with Crippen LogP contribution in [0, 0.1) is 17.8 Å². The molecule has 2 aromatic heterocycles. The van der Waals surface area contributed by atoms with Crippen molar-refractivity contribution in [3.8, 4) is 23.5 Å². The van der Waals surface area contributed by atoms with E-state index >= 15 is 0 Å². The molecule has 2 aromatic carbocycles. The number of ether oxygens (including phenoxy) is 7. The fourth-order valence-electron chi connectivity index (χ4n) is 7.05. The number of aromatic nitrogens is 4. The fourth-order valence-corrected chi connectivity index (χ4v) is 7.21. The molecule has 0 bridgehead atoms. The number of fused-ring (bicyclic) bond motifs is 1. The summed E-state index contributed by atoms with van der Waals surface area (Å²) in [5.41, 5.74) is -4.47. The molecule has 346 valence electrons. The first-order valence-corrected chi connectivity index (χ1v) is 20.8. The lowest BCUT2D eigenvalue weighted by Crippen LogP contribution is -2.53. The first-order valence-electron chi connectivity index (χ1n) is 20.4. The van der Waals surface area contributed by atoms with Crippen LogP contribution in [0.25, 0.3) is 22.3 Å². The van der Waals surface area contributed by atoms with Gasteiger partial charge in [0.2, 0.25) is 10.9 Å². The van der Waals surface area contributed by atoms with Crippen molar-refractivity contribution in [2.24, 2.45) is 5.41 Å². The number of terminal acetylenes is 1. The largest absolute Gasteiger partial charge is 0.465 e. The number of halogens is 1. The summed E-state index contributed by atoms with van der Waals surface area (Å²) in [4.78, 5) is 94.4. The zero-order valence-corrected chi connectivity index (χ0v) is 38.8. The van der Waals surface area contributed by atoms with Crippen LogP contribution in [-0.2, 0) is 54.0 Å². The number of hydrogen-bond acceptors (Lipinski definition) is 16. The standard InChI is InChI=1S/C46H52ClN5O13/c1-13-45(11)32(24-61-46(26(3)53,39(56)60-14-2)23-28-20-21-30(29-18-16-15-17-19-29)31(22-28)38(55)59-12)63-37(34(45)62-27(4)54)51-25-48-33-35(51)49-40(47)50-36(33)52(41(57)64-43(5,6)7)42(58)65-44(8,9)10/h1,15-22,25,32,34,37H,14,23-24H2,2-12H3/t32-,34+,37-,45+,46?/m1/s1. The number of amides is 2. The highest BCUT2D eigenvalue weighted by atomic mass is 35.5. The molecule has 0 N–H and O–H groups in total. The summed E-state index contributed by atoms with van der Waals surface area (Å²) in [6, 6.07) is 13.9. The van der Waals surface area contributed by atoms with Crippen molar-refractivity contribution in [1.82, 2.24) is 19.5 Å². The van der Waals surface area contributed by atoms with Gasteiger partial charge in [0, 0.05) is 13.3 Å². The van der Waals surface area contributed by atoms with Crippen molar-refractivity contribution in [2.45, 2.75) is 111 Å². The summed E-state index contributed by atoms with van der Waals surface area (Å²) in [6.45, 7) is 14.4. The highest BCUT2D eigenvalue weighted by Gasteiger charge is 2.58. The minimum absolute atomic E-state index is 0.106.